The van der Waals surface area contributed by atoms with Crippen LogP contribution in [-0.2, 0) is 4.74 Å². The maximum Gasteiger partial charge on any atom is 0.118 e. The Morgan fingerprint density at radius 1 is 0.857 bits per heavy atom. The molecule has 1 saturated heterocycles. The molecule has 1 aliphatic heterocycles. The number of aliphatic hydroxyl groups excluding tert-OH is 2. The molecule has 0 spiro atoms. The molecule has 2 aliphatic rings. The van der Waals surface area contributed by atoms with Crippen molar-refractivity contribution in [2.45, 2.75) is 24.4 Å². The van der Waals surface area contributed by atoms with E-state index in [1.54, 1.807) is 0 Å². The van der Waals surface area contributed by atoms with E-state index in [2.05, 4.69) is 24.3 Å². The van der Waals surface area contributed by atoms with E-state index in [1.165, 1.54) is 10.8 Å². The normalized spacial score (nSPS) is 30.2. The summed E-state index contributed by atoms with van der Waals surface area (Å²) < 4.78 is 5.63. The summed E-state index contributed by atoms with van der Waals surface area (Å²) in [7, 11) is 0. The van der Waals surface area contributed by atoms with Crippen molar-refractivity contribution in [3.05, 3.63) is 59.7 Å². The summed E-state index contributed by atoms with van der Waals surface area (Å²) in [5.74, 6) is 0. The summed E-state index contributed by atoms with van der Waals surface area (Å²) in [6.07, 6.45) is -2.05. The number of epoxide rings is 1. The van der Waals surface area contributed by atoms with Crippen molar-refractivity contribution >= 4 is 21.5 Å². The SMILES string of the molecule is O[C@@H]1[C@H]2O[C@H]2c2c(ccc3ccc4ccccc4c23)[C@H]1O. The first-order valence-corrected chi connectivity index (χ1v) is 7.21. The van der Waals surface area contributed by atoms with E-state index < -0.39 is 12.2 Å². The Kier molecular flexibility index (Phi) is 2.13. The average Bonchev–Trinajstić information content (AvgIpc) is 3.32. The number of hydrogen-bond donors (Lipinski definition) is 2. The molecule has 0 aromatic heterocycles. The lowest BCUT2D eigenvalue weighted by Crippen LogP contribution is -2.29. The van der Waals surface area contributed by atoms with Crippen LogP contribution in [0.25, 0.3) is 21.5 Å². The van der Waals surface area contributed by atoms with Crippen molar-refractivity contribution in [3.63, 3.8) is 0 Å². The van der Waals surface area contributed by atoms with Gasteiger partial charge in [-0.15, -0.1) is 0 Å². The summed E-state index contributed by atoms with van der Waals surface area (Å²) >= 11 is 0. The highest BCUT2D eigenvalue weighted by Gasteiger charge is 2.54. The molecule has 1 fully saturated rings. The van der Waals surface area contributed by atoms with Gasteiger partial charge in [0, 0.05) is 0 Å². The van der Waals surface area contributed by atoms with Gasteiger partial charge in [-0.3, -0.25) is 0 Å². The maximum atomic E-state index is 10.3. The highest BCUT2D eigenvalue weighted by molar-refractivity contribution is 6.10. The topological polar surface area (TPSA) is 53.0 Å². The molecule has 0 unspecified atom stereocenters. The standard InChI is InChI=1S/C18H14O3/c19-15-12-8-7-10-6-5-9-3-1-2-4-11(9)13(10)14(12)17-18(21-17)16(15)20/h1-8,15-20H/t15-,16+,17+,18-/m1/s1. The predicted octanol–water partition coefficient (Wildman–Crippen LogP) is 2.84. The molecular formula is C18H14O3. The highest BCUT2D eigenvalue weighted by atomic mass is 16.6. The average molecular weight is 278 g/mol. The summed E-state index contributed by atoms with van der Waals surface area (Å²) in [5, 5.41) is 25.0. The number of ether oxygens (including phenoxy) is 1. The Labute approximate surface area is 121 Å². The van der Waals surface area contributed by atoms with Gasteiger partial charge in [0.15, 0.2) is 0 Å². The zero-order valence-electron chi connectivity index (χ0n) is 11.2. The number of aliphatic hydroxyl groups is 2. The Morgan fingerprint density at radius 3 is 2.52 bits per heavy atom. The molecule has 3 aromatic carbocycles. The Morgan fingerprint density at radius 2 is 1.62 bits per heavy atom. The monoisotopic (exact) mass is 278 g/mol. The molecule has 4 atom stereocenters. The maximum absolute atomic E-state index is 10.3. The van der Waals surface area contributed by atoms with E-state index in [-0.39, 0.29) is 12.2 Å². The van der Waals surface area contributed by atoms with Crippen LogP contribution in [0.3, 0.4) is 0 Å². The quantitative estimate of drug-likeness (QED) is 0.491. The molecule has 3 heteroatoms. The third kappa shape index (κ3) is 1.43. The van der Waals surface area contributed by atoms with Crippen molar-refractivity contribution < 1.29 is 14.9 Å². The summed E-state index contributed by atoms with van der Waals surface area (Å²) in [6, 6.07) is 16.4. The highest BCUT2D eigenvalue weighted by Crippen LogP contribution is 2.53. The zero-order valence-corrected chi connectivity index (χ0v) is 11.2. The van der Waals surface area contributed by atoms with Gasteiger partial charge in [0.1, 0.15) is 24.4 Å². The van der Waals surface area contributed by atoms with Crippen molar-refractivity contribution in [3.8, 4) is 0 Å². The minimum absolute atomic E-state index is 0.0899. The van der Waals surface area contributed by atoms with E-state index in [4.69, 9.17) is 4.74 Å². The summed E-state index contributed by atoms with van der Waals surface area (Å²) in [5.41, 5.74) is 1.84. The van der Waals surface area contributed by atoms with Gasteiger partial charge in [-0.05, 0) is 32.7 Å². The van der Waals surface area contributed by atoms with Crippen LogP contribution >= 0.6 is 0 Å². The smallest absolute Gasteiger partial charge is 0.118 e. The van der Waals surface area contributed by atoms with Gasteiger partial charge in [0.2, 0.25) is 0 Å². The second kappa shape index (κ2) is 3.83. The first kappa shape index (κ1) is 11.7. The first-order chi connectivity index (χ1) is 10.3. The van der Waals surface area contributed by atoms with Gasteiger partial charge < -0.3 is 14.9 Å². The Hall–Kier alpha value is -1.94. The molecule has 3 aromatic rings. The van der Waals surface area contributed by atoms with Crippen LogP contribution in [0.15, 0.2) is 48.5 Å². The third-order valence-corrected chi connectivity index (χ3v) is 4.77. The van der Waals surface area contributed by atoms with Gasteiger partial charge in [-0.1, -0.05) is 48.5 Å². The predicted molar refractivity (Wildman–Crippen MR) is 80.0 cm³/mol. The summed E-state index contributed by atoms with van der Waals surface area (Å²) in [6.45, 7) is 0. The van der Waals surface area contributed by atoms with E-state index in [1.807, 2.05) is 24.3 Å². The van der Waals surface area contributed by atoms with E-state index in [0.717, 1.165) is 21.9 Å². The fourth-order valence-corrected chi connectivity index (χ4v) is 3.69. The Balaban J connectivity index is 1.95. The lowest BCUT2D eigenvalue weighted by Gasteiger charge is -2.25. The fraction of sp³-hybridized carbons (Fsp3) is 0.222. The van der Waals surface area contributed by atoms with Crippen molar-refractivity contribution in [2.24, 2.45) is 0 Å². The molecular weight excluding hydrogens is 264 g/mol. The van der Waals surface area contributed by atoms with Gasteiger partial charge in [-0.25, -0.2) is 0 Å². The Bertz CT molecular complexity index is 886. The van der Waals surface area contributed by atoms with Crippen LogP contribution < -0.4 is 0 Å². The molecule has 1 heterocycles. The molecule has 0 radical (unpaired) electrons. The van der Waals surface area contributed by atoms with Crippen molar-refractivity contribution in [1.29, 1.82) is 0 Å². The third-order valence-electron chi connectivity index (χ3n) is 4.77. The van der Waals surface area contributed by atoms with E-state index >= 15 is 0 Å². The molecule has 0 saturated carbocycles. The second-order valence-electron chi connectivity index (χ2n) is 5.91. The molecule has 0 bridgehead atoms. The zero-order chi connectivity index (χ0) is 14.1. The number of hydrogen-bond acceptors (Lipinski definition) is 3. The van der Waals surface area contributed by atoms with Crippen LogP contribution in [0.5, 0.6) is 0 Å². The van der Waals surface area contributed by atoms with Crippen LogP contribution in [0.2, 0.25) is 0 Å². The lowest BCUT2D eigenvalue weighted by molar-refractivity contribution is 0.000109. The molecule has 2 N–H and O–H groups in total. The lowest BCUT2D eigenvalue weighted by atomic mass is 9.83. The molecule has 21 heavy (non-hydrogen) atoms. The second-order valence-corrected chi connectivity index (χ2v) is 5.91. The summed E-state index contributed by atoms with van der Waals surface area (Å²) in [4.78, 5) is 0. The molecule has 104 valence electrons. The van der Waals surface area contributed by atoms with Crippen LogP contribution in [0.4, 0.5) is 0 Å². The fourth-order valence-electron chi connectivity index (χ4n) is 3.69. The minimum Gasteiger partial charge on any atom is -0.387 e. The minimum atomic E-state index is -0.868. The largest absolute Gasteiger partial charge is 0.387 e. The van der Waals surface area contributed by atoms with Gasteiger partial charge in [0.05, 0.1) is 0 Å². The van der Waals surface area contributed by atoms with E-state index in [9.17, 15) is 10.2 Å². The van der Waals surface area contributed by atoms with Crippen LogP contribution in [0, 0.1) is 0 Å². The van der Waals surface area contributed by atoms with Crippen molar-refractivity contribution in [2.75, 3.05) is 0 Å². The van der Waals surface area contributed by atoms with Gasteiger partial charge >= 0.3 is 0 Å². The number of benzene rings is 3. The molecule has 5 rings (SSSR count). The molecule has 1 aliphatic carbocycles. The first-order valence-electron chi connectivity index (χ1n) is 7.21. The molecule has 3 nitrogen and oxygen atoms in total. The van der Waals surface area contributed by atoms with Gasteiger partial charge in [0.25, 0.3) is 0 Å². The number of rotatable bonds is 0. The molecule has 0 amide bonds. The van der Waals surface area contributed by atoms with Gasteiger partial charge in [-0.2, -0.15) is 0 Å². The van der Waals surface area contributed by atoms with Crippen molar-refractivity contribution in [1.82, 2.24) is 0 Å². The van der Waals surface area contributed by atoms with Crippen LogP contribution in [-0.4, -0.2) is 22.4 Å². The van der Waals surface area contributed by atoms with E-state index in [0.29, 0.717) is 0 Å². The number of fused-ring (bicyclic) bond motifs is 7. The van der Waals surface area contributed by atoms with Crippen LogP contribution in [0.1, 0.15) is 23.3 Å².